The Kier molecular flexibility index (Phi) is 5.38. The van der Waals surface area contributed by atoms with Gasteiger partial charge in [-0.25, -0.2) is 4.79 Å². The van der Waals surface area contributed by atoms with Crippen LogP contribution in [0.3, 0.4) is 0 Å². The molecule has 0 saturated carbocycles. The largest absolute Gasteiger partial charge is 0.445 e. The number of hydrogen-bond donors (Lipinski definition) is 1. The van der Waals surface area contributed by atoms with Crippen LogP contribution in [0.25, 0.3) is 6.08 Å². The van der Waals surface area contributed by atoms with E-state index in [0.717, 1.165) is 5.56 Å². The van der Waals surface area contributed by atoms with Crippen LogP contribution in [0.2, 0.25) is 0 Å². The van der Waals surface area contributed by atoms with Gasteiger partial charge >= 0.3 is 6.09 Å². The van der Waals surface area contributed by atoms with E-state index < -0.39 is 12.0 Å². The Labute approximate surface area is 106 Å². The summed E-state index contributed by atoms with van der Waals surface area (Å²) in [6.07, 6.45) is 2.74. The molecule has 0 atom stereocenters. The van der Waals surface area contributed by atoms with Gasteiger partial charge in [0.15, 0.2) is 0 Å². The molecule has 0 aromatic heterocycles. The molecule has 18 heavy (non-hydrogen) atoms. The molecule has 0 saturated heterocycles. The maximum absolute atomic E-state index is 11.1. The Morgan fingerprint density at radius 3 is 2.61 bits per heavy atom. The van der Waals surface area contributed by atoms with E-state index in [-0.39, 0.29) is 12.2 Å². The SMILES string of the molecule is C=C(C)C(=O)NC(=O)OC/C=C/c1ccccc1. The van der Waals surface area contributed by atoms with Gasteiger partial charge in [-0.2, -0.15) is 0 Å². The smallest absolute Gasteiger partial charge is 0.414 e. The second kappa shape index (κ2) is 7.06. The van der Waals surface area contributed by atoms with Gasteiger partial charge in [0.05, 0.1) is 0 Å². The highest BCUT2D eigenvalue weighted by Crippen LogP contribution is 2.00. The number of alkyl carbamates (subject to hydrolysis) is 1. The Bertz CT molecular complexity index is 463. The zero-order chi connectivity index (χ0) is 13.4. The van der Waals surface area contributed by atoms with E-state index in [1.54, 1.807) is 6.08 Å². The molecular formula is C14H15NO3. The van der Waals surface area contributed by atoms with Gasteiger partial charge in [-0.3, -0.25) is 10.1 Å². The van der Waals surface area contributed by atoms with Crippen LogP contribution in [-0.4, -0.2) is 18.6 Å². The molecule has 0 aliphatic rings. The number of benzene rings is 1. The zero-order valence-corrected chi connectivity index (χ0v) is 10.2. The first kappa shape index (κ1) is 13.7. The first-order chi connectivity index (χ1) is 8.59. The van der Waals surface area contributed by atoms with E-state index >= 15 is 0 Å². The van der Waals surface area contributed by atoms with Crippen molar-refractivity contribution in [1.82, 2.24) is 5.32 Å². The Morgan fingerprint density at radius 2 is 2.00 bits per heavy atom. The number of hydrogen-bond acceptors (Lipinski definition) is 3. The molecule has 0 spiro atoms. The number of amides is 2. The summed E-state index contributed by atoms with van der Waals surface area (Å²) in [4.78, 5) is 22.2. The van der Waals surface area contributed by atoms with Crippen LogP contribution in [0.4, 0.5) is 4.79 Å². The fourth-order valence-corrected chi connectivity index (χ4v) is 1.11. The lowest BCUT2D eigenvalue weighted by Crippen LogP contribution is -2.31. The fraction of sp³-hybridized carbons (Fsp3) is 0.143. The highest BCUT2D eigenvalue weighted by atomic mass is 16.5. The monoisotopic (exact) mass is 245 g/mol. The summed E-state index contributed by atoms with van der Waals surface area (Å²) in [5, 5.41) is 2.04. The molecule has 1 aromatic carbocycles. The standard InChI is InChI=1S/C14H15NO3/c1-11(2)13(16)15-14(17)18-10-6-9-12-7-4-3-5-8-12/h3-9H,1,10H2,2H3,(H,15,16,17)/b9-6+. The lowest BCUT2D eigenvalue weighted by molar-refractivity contribution is -0.116. The number of imide groups is 1. The molecule has 0 heterocycles. The van der Waals surface area contributed by atoms with Crippen LogP contribution in [0.15, 0.2) is 48.6 Å². The summed E-state index contributed by atoms with van der Waals surface area (Å²) in [5.74, 6) is -0.535. The Balaban J connectivity index is 2.30. The topological polar surface area (TPSA) is 55.4 Å². The fourth-order valence-electron chi connectivity index (χ4n) is 1.11. The molecule has 1 aromatic rings. The van der Waals surface area contributed by atoms with E-state index in [4.69, 9.17) is 4.74 Å². The van der Waals surface area contributed by atoms with E-state index in [2.05, 4.69) is 6.58 Å². The molecule has 0 unspecified atom stereocenters. The predicted molar refractivity (Wildman–Crippen MR) is 69.8 cm³/mol. The number of nitrogens with one attached hydrogen (secondary N) is 1. The summed E-state index contributed by atoms with van der Waals surface area (Å²) in [5.41, 5.74) is 1.27. The Hall–Kier alpha value is -2.36. The van der Waals surface area contributed by atoms with Crippen molar-refractivity contribution < 1.29 is 14.3 Å². The van der Waals surface area contributed by atoms with Gasteiger partial charge in [0.25, 0.3) is 5.91 Å². The lowest BCUT2D eigenvalue weighted by Gasteiger charge is -2.03. The van der Waals surface area contributed by atoms with Gasteiger partial charge in [0.1, 0.15) is 6.61 Å². The van der Waals surface area contributed by atoms with Crippen LogP contribution in [-0.2, 0) is 9.53 Å². The third kappa shape index (κ3) is 5.12. The van der Waals surface area contributed by atoms with Crippen molar-refractivity contribution in [3.8, 4) is 0 Å². The average molecular weight is 245 g/mol. The lowest BCUT2D eigenvalue weighted by atomic mass is 10.2. The molecule has 0 bridgehead atoms. The molecule has 0 radical (unpaired) electrons. The minimum atomic E-state index is -0.777. The van der Waals surface area contributed by atoms with Crippen LogP contribution in [0, 0.1) is 0 Å². The first-order valence-electron chi connectivity index (χ1n) is 5.45. The van der Waals surface area contributed by atoms with Crippen molar-refractivity contribution in [2.24, 2.45) is 0 Å². The van der Waals surface area contributed by atoms with Gasteiger partial charge in [-0.1, -0.05) is 43.0 Å². The third-order valence-corrected chi connectivity index (χ3v) is 2.02. The van der Waals surface area contributed by atoms with Crippen molar-refractivity contribution in [3.63, 3.8) is 0 Å². The van der Waals surface area contributed by atoms with E-state index in [0.29, 0.717) is 0 Å². The van der Waals surface area contributed by atoms with Crippen molar-refractivity contribution in [2.45, 2.75) is 6.92 Å². The quantitative estimate of drug-likeness (QED) is 0.829. The predicted octanol–water partition coefficient (Wildman–Crippen LogP) is 2.53. The van der Waals surface area contributed by atoms with Crippen LogP contribution < -0.4 is 5.32 Å². The highest BCUT2D eigenvalue weighted by molar-refractivity contribution is 6.01. The van der Waals surface area contributed by atoms with Crippen LogP contribution in [0.5, 0.6) is 0 Å². The van der Waals surface area contributed by atoms with Gasteiger partial charge in [-0.05, 0) is 18.6 Å². The highest BCUT2D eigenvalue weighted by Gasteiger charge is 2.07. The number of ether oxygens (including phenoxy) is 1. The summed E-state index contributed by atoms with van der Waals surface area (Å²) < 4.78 is 4.79. The average Bonchev–Trinajstić information content (AvgIpc) is 2.35. The summed E-state index contributed by atoms with van der Waals surface area (Å²) >= 11 is 0. The van der Waals surface area contributed by atoms with Gasteiger partial charge in [0.2, 0.25) is 0 Å². The van der Waals surface area contributed by atoms with Gasteiger partial charge < -0.3 is 4.74 Å². The van der Waals surface area contributed by atoms with Crippen molar-refractivity contribution in [2.75, 3.05) is 6.61 Å². The van der Waals surface area contributed by atoms with Crippen LogP contribution in [0.1, 0.15) is 12.5 Å². The van der Waals surface area contributed by atoms with E-state index in [1.807, 2.05) is 41.7 Å². The normalized spacial score (nSPS) is 10.1. The molecule has 0 aliphatic heterocycles. The molecule has 0 fully saturated rings. The van der Waals surface area contributed by atoms with Crippen LogP contribution >= 0.6 is 0 Å². The number of rotatable bonds is 4. The first-order valence-corrected chi connectivity index (χ1v) is 5.45. The molecule has 94 valence electrons. The summed E-state index contributed by atoms with van der Waals surface area (Å²) in [6, 6.07) is 9.62. The van der Waals surface area contributed by atoms with E-state index in [9.17, 15) is 9.59 Å². The number of carbonyl (C=O) groups is 2. The van der Waals surface area contributed by atoms with E-state index in [1.165, 1.54) is 6.92 Å². The maximum atomic E-state index is 11.1. The van der Waals surface area contributed by atoms with Crippen molar-refractivity contribution in [1.29, 1.82) is 0 Å². The molecular weight excluding hydrogens is 230 g/mol. The second-order valence-corrected chi connectivity index (χ2v) is 3.65. The molecule has 1 rings (SSSR count). The van der Waals surface area contributed by atoms with Gasteiger partial charge in [-0.15, -0.1) is 0 Å². The third-order valence-electron chi connectivity index (χ3n) is 2.02. The number of carbonyl (C=O) groups excluding carboxylic acids is 2. The minimum absolute atomic E-state index is 0.101. The molecule has 2 amide bonds. The summed E-state index contributed by atoms with van der Waals surface area (Å²) in [7, 11) is 0. The Morgan fingerprint density at radius 1 is 1.33 bits per heavy atom. The van der Waals surface area contributed by atoms with Crippen molar-refractivity contribution in [3.05, 3.63) is 54.1 Å². The molecule has 1 N–H and O–H groups in total. The molecule has 4 heteroatoms. The maximum Gasteiger partial charge on any atom is 0.414 e. The zero-order valence-electron chi connectivity index (χ0n) is 10.2. The summed E-state index contributed by atoms with van der Waals surface area (Å²) in [6.45, 7) is 5.02. The minimum Gasteiger partial charge on any atom is -0.445 e. The molecule has 0 aliphatic carbocycles. The second-order valence-electron chi connectivity index (χ2n) is 3.65. The van der Waals surface area contributed by atoms with Gasteiger partial charge in [0, 0.05) is 5.57 Å². The molecule has 4 nitrogen and oxygen atoms in total. The van der Waals surface area contributed by atoms with Crippen molar-refractivity contribution >= 4 is 18.1 Å².